The fourth-order valence-electron chi connectivity index (χ4n) is 3.01. The molecule has 0 radical (unpaired) electrons. The number of anilines is 1. The number of carbonyl (C=O) groups is 2. The highest BCUT2D eigenvalue weighted by atomic mass is 16.2. The smallest absolute Gasteiger partial charge is 0.315 e. The third-order valence-corrected chi connectivity index (χ3v) is 4.37. The second-order valence-electron chi connectivity index (χ2n) is 6.26. The minimum Gasteiger partial charge on any atom is -0.338 e. The van der Waals surface area contributed by atoms with E-state index in [-0.39, 0.29) is 18.0 Å². The first kappa shape index (κ1) is 17.0. The number of amides is 3. The molecule has 2 heterocycles. The summed E-state index contributed by atoms with van der Waals surface area (Å²) in [4.78, 5) is 25.9. The molecule has 1 aliphatic heterocycles. The molecule has 7 heteroatoms. The summed E-state index contributed by atoms with van der Waals surface area (Å²) in [5.41, 5.74) is 3.10. The van der Waals surface area contributed by atoms with Gasteiger partial charge in [-0.05, 0) is 37.5 Å². The van der Waals surface area contributed by atoms with Crippen molar-refractivity contribution in [2.75, 3.05) is 18.0 Å². The number of aryl methyl sites for hydroxylation is 2. The van der Waals surface area contributed by atoms with E-state index in [2.05, 4.69) is 20.8 Å². The molecule has 1 saturated heterocycles. The van der Waals surface area contributed by atoms with Crippen LogP contribution in [0.3, 0.4) is 0 Å². The van der Waals surface area contributed by atoms with E-state index in [0.717, 1.165) is 24.2 Å². The molecule has 132 valence electrons. The van der Waals surface area contributed by atoms with E-state index in [4.69, 9.17) is 0 Å². The molecule has 0 spiro atoms. The highest BCUT2D eigenvalue weighted by Gasteiger charge is 2.31. The van der Waals surface area contributed by atoms with Gasteiger partial charge in [-0.2, -0.15) is 5.10 Å². The number of carbonyl (C=O) groups excluding carboxylic acids is 2. The molecule has 2 aromatic rings. The van der Waals surface area contributed by atoms with Crippen LogP contribution in [-0.4, -0.2) is 41.3 Å². The predicted molar refractivity (Wildman–Crippen MR) is 95.4 cm³/mol. The summed E-state index contributed by atoms with van der Waals surface area (Å²) in [6.07, 6.45) is 3.86. The molecule has 1 atom stereocenters. The first-order valence-corrected chi connectivity index (χ1v) is 8.52. The molecule has 0 saturated carbocycles. The summed E-state index contributed by atoms with van der Waals surface area (Å²) in [6, 6.07) is 9.13. The standard InChI is InChI=1S/C18H23N5O2/c1-13-14(11-20-22-13)6-5-9-19-18(25)21-15-10-17(24)23(12-15)16-7-3-2-4-8-16/h2-4,7-8,11,15H,5-6,9-10,12H2,1H3,(H,20,22)(H2,19,21,25)/t15-/m1/s1. The molecule has 0 unspecified atom stereocenters. The van der Waals surface area contributed by atoms with E-state index in [0.29, 0.717) is 19.5 Å². The third-order valence-electron chi connectivity index (χ3n) is 4.37. The van der Waals surface area contributed by atoms with Crippen molar-refractivity contribution in [1.29, 1.82) is 0 Å². The van der Waals surface area contributed by atoms with E-state index >= 15 is 0 Å². The van der Waals surface area contributed by atoms with Crippen LogP contribution in [0.1, 0.15) is 24.1 Å². The van der Waals surface area contributed by atoms with Crippen molar-refractivity contribution in [1.82, 2.24) is 20.8 Å². The predicted octanol–water partition coefficient (Wildman–Crippen LogP) is 1.76. The number of para-hydroxylation sites is 1. The quantitative estimate of drug-likeness (QED) is 0.699. The molecule has 3 rings (SSSR count). The monoisotopic (exact) mass is 341 g/mol. The maximum absolute atomic E-state index is 12.1. The van der Waals surface area contributed by atoms with Gasteiger partial charge in [-0.15, -0.1) is 0 Å². The Hall–Kier alpha value is -2.83. The summed E-state index contributed by atoms with van der Waals surface area (Å²) in [7, 11) is 0. The molecular formula is C18H23N5O2. The number of urea groups is 1. The first-order valence-electron chi connectivity index (χ1n) is 8.52. The fourth-order valence-corrected chi connectivity index (χ4v) is 3.01. The third kappa shape index (κ3) is 4.37. The van der Waals surface area contributed by atoms with Crippen LogP contribution in [-0.2, 0) is 11.2 Å². The average molecular weight is 341 g/mol. The van der Waals surface area contributed by atoms with E-state index in [9.17, 15) is 9.59 Å². The Bertz CT molecular complexity index is 728. The summed E-state index contributed by atoms with van der Waals surface area (Å²) >= 11 is 0. The van der Waals surface area contributed by atoms with E-state index < -0.39 is 0 Å². The van der Waals surface area contributed by atoms with Crippen molar-refractivity contribution in [3.8, 4) is 0 Å². The number of H-pyrrole nitrogens is 1. The van der Waals surface area contributed by atoms with Gasteiger partial charge in [0.05, 0.1) is 12.2 Å². The lowest BCUT2D eigenvalue weighted by atomic mass is 10.1. The van der Waals surface area contributed by atoms with Crippen LogP contribution in [0.15, 0.2) is 36.5 Å². The second-order valence-corrected chi connectivity index (χ2v) is 6.26. The van der Waals surface area contributed by atoms with Crippen molar-refractivity contribution >= 4 is 17.6 Å². The maximum Gasteiger partial charge on any atom is 0.315 e. The lowest BCUT2D eigenvalue weighted by molar-refractivity contribution is -0.117. The highest BCUT2D eigenvalue weighted by molar-refractivity contribution is 5.96. The SMILES string of the molecule is Cc1[nH]ncc1CCCNC(=O)N[C@@H]1CC(=O)N(c2ccccc2)C1. The lowest BCUT2D eigenvalue weighted by Gasteiger charge is -2.17. The summed E-state index contributed by atoms with van der Waals surface area (Å²) in [5, 5.41) is 12.6. The van der Waals surface area contributed by atoms with Gasteiger partial charge in [0, 0.05) is 30.9 Å². The Morgan fingerprint density at radius 1 is 1.36 bits per heavy atom. The molecule has 0 bridgehead atoms. The summed E-state index contributed by atoms with van der Waals surface area (Å²) in [5.74, 6) is 0.0342. The lowest BCUT2D eigenvalue weighted by Crippen LogP contribution is -2.43. The molecule has 1 aromatic carbocycles. The Balaban J connectivity index is 1.40. The van der Waals surface area contributed by atoms with Gasteiger partial charge in [0.25, 0.3) is 0 Å². The van der Waals surface area contributed by atoms with Gasteiger partial charge < -0.3 is 15.5 Å². The summed E-state index contributed by atoms with van der Waals surface area (Å²) in [6.45, 7) is 3.07. The van der Waals surface area contributed by atoms with Gasteiger partial charge >= 0.3 is 6.03 Å². The Kier molecular flexibility index (Phi) is 5.33. The molecule has 25 heavy (non-hydrogen) atoms. The number of hydrogen-bond donors (Lipinski definition) is 3. The van der Waals surface area contributed by atoms with Crippen LogP contribution in [0.4, 0.5) is 10.5 Å². The molecule has 1 aliphatic rings. The van der Waals surface area contributed by atoms with Crippen molar-refractivity contribution in [2.24, 2.45) is 0 Å². The Morgan fingerprint density at radius 3 is 2.88 bits per heavy atom. The minimum absolute atomic E-state index is 0.0342. The molecule has 1 fully saturated rings. The Labute approximate surface area is 146 Å². The maximum atomic E-state index is 12.1. The van der Waals surface area contributed by atoms with E-state index in [1.54, 1.807) is 4.90 Å². The molecule has 7 nitrogen and oxygen atoms in total. The molecule has 3 N–H and O–H groups in total. The number of nitrogens with zero attached hydrogens (tertiary/aromatic N) is 2. The zero-order valence-corrected chi connectivity index (χ0v) is 14.3. The van der Waals surface area contributed by atoms with E-state index in [1.165, 1.54) is 5.56 Å². The van der Waals surface area contributed by atoms with Crippen LogP contribution in [0.25, 0.3) is 0 Å². The number of aromatic amines is 1. The molecular weight excluding hydrogens is 318 g/mol. The first-order chi connectivity index (χ1) is 12.1. The summed E-state index contributed by atoms with van der Waals surface area (Å²) < 4.78 is 0. The van der Waals surface area contributed by atoms with Crippen molar-refractivity contribution < 1.29 is 9.59 Å². The van der Waals surface area contributed by atoms with Gasteiger partial charge in [0.1, 0.15) is 0 Å². The largest absolute Gasteiger partial charge is 0.338 e. The number of aromatic nitrogens is 2. The molecule has 0 aliphatic carbocycles. The van der Waals surface area contributed by atoms with Gasteiger partial charge in [0.2, 0.25) is 5.91 Å². The molecule has 3 amide bonds. The highest BCUT2D eigenvalue weighted by Crippen LogP contribution is 2.20. The molecule has 1 aromatic heterocycles. The van der Waals surface area contributed by atoms with Crippen molar-refractivity contribution in [2.45, 2.75) is 32.2 Å². The number of rotatable bonds is 6. The van der Waals surface area contributed by atoms with Crippen molar-refractivity contribution in [3.05, 3.63) is 47.8 Å². The fraction of sp³-hybridized carbons (Fsp3) is 0.389. The van der Waals surface area contributed by atoms with Gasteiger partial charge in [-0.3, -0.25) is 9.89 Å². The van der Waals surface area contributed by atoms with Gasteiger partial charge in [-0.1, -0.05) is 18.2 Å². The van der Waals surface area contributed by atoms with Crippen LogP contribution in [0.2, 0.25) is 0 Å². The zero-order valence-electron chi connectivity index (χ0n) is 14.3. The Morgan fingerprint density at radius 2 is 2.16 bits per heavy atom. The van der Waals surface area contributed by atoms with E-state index in [1.807, 2.05) is 43.5 Å². The normalized spacial score (nSPS) is 16.9. The minimum atomic E-state index is -0.225. The van der Waals surface area contributed by atoms with Gasteiger partial charge in [0.15, 0.2) is 0 Å². The second kappa shape index (κ2) is 7.83. The topological polar surface area (TPSA) is 90.1 Å². The number of nitrogens with one attached hydrogen (secondary N) is 3. The van der Waals surface area contributed by atoms with Crippen LogP contribution in [0, 0.1) is 6.92 Å². The zero-order chi connectivity index (χ0) is 17.6. The van der Waals surface area contributed by atoms with Crippen LogP contribution < -0.4 is 15.5 Å². The average Bonchev–Trinajstić information content (AvgIpc) is 3.18. The van der Waals surface area contributed by atoms with Gasteiger partial charge in [-0.25, -0.2) is 4.79 Å². The van der Waals surface area contributed by atoms with Crippen LogP contribution >= 0.6 is 0 Å². The number of benzene rings is 1. The van der Waals surface area contributed by atoms with Crippen molar-refractivity contribution in [3.63, 3.8) is 0 Å². The number of hydrogen-bond acceptors (Lipinski definition) is 3. The van der Waals surface area contributed by atoms with Crippen LogP contribution in [0.5, 0.6) is 0 Å².